The van der Waals surface area contributed by atoms with Crippen LogP contribution in [0, 0.1) is 0 Å². The zero-order valence-electron chi connectivity index (χ0n) is 20.3. The molecule has 190 valence electrons. The number of hydrogen-bond acceptors (Lipinski definition) is 9. The number of amides is 1. The van der Waals surface area contributed by atoms with Crippen LogP contribution < -0.4 is 15.4 Å². The minimum Gasteiger partial charge on any atom is -0.489 e. The molecule has 2 aromatic carbocycles. The van der Waals surface area contributed by atoms with Crippen molar-refractivity contribution in [1.29, 1.82) is 0 Å². The van der Waals surface area contributed by atoms with Gasteiger partial charge in [0, 0.05) is 30.9 Å². The van der Waals surface area contributed by atoms with E-state index in [4.69, 9.17) is 9.15 Å². The summed E-state index contributed by atoms with van der Waals surface area (Å²) in [5, 5.41) is 13.6. The molecule has 0 aliphatic carbocycles. The fraction of sp³-hybridized carbons (Fsp3) is 0.259. The summed E-state index contributed by atoms with van der Waals surface area (Å²) in [7, 11) is 0. The van der Waals surface area contributed by atoms with Gasteiger partial charge in [0.25, 0.3) is 5.91 Å². The number of rotatable bonds is 14. The van der Waals surface area contributed by atoms with Gasteiger partial charge < -0.3 is 19.8 Å². The van der Waals surface area contributed by atoms with Crippen molar-refractivity contribution in [3.8, 4) is 17.2 Å². The molecular weight excluding hydrogens is 472 g/mol. The molecule has 4 rings (SSSR count). The number of benzene rings is 2. The average Bonchev–Trinajstić information content (AvgIpc) is 3.43. The van der Waals surface area contributed by atoms with Crippen molar-refractivity contribution in [2.24, 2.45) is 0 Å². The SMILES string of the molecule is O=C(CCCCCNc1ncccn1)C(=O)NCc1nnc(-c2ccc(OCc3ccccc3)cc2)o1. The third-order valence-electron chi connectivity index (χ3n) is 5.40. The van der Waals surface area contributed by atoms with Crippen LogP contribution >= 0.6 is 0 Å². The molecule has 4 aromatic rings. The van der Waals surface area contributed by atoms with E-state index in [0.29, 0.717) is 31.4 Å². The molecule has 37 heavy (non-hydrogen) atoms. The monoisotopic (exact) mass is 500 g/mol. The lowest BCUT2D eigenvalue weighted by atomic mass is 10.1. The van der Waals surface area contributed by atoms with Gasteiger partial charge in [-0.05, 0) is 48.7 Å². The van der Waals surface area contributed by atoms with Crippen LogP contribution in [0.1, 0.15) is 37.1 Å². The van der Waals surface area contributed by atoms with Crippen molar-refractivity contribution < 1.29 is 18.7 Å². The van der Waals surface area contributed by atoms with Gasteiger partial charge in [-0.2, -0.15) is 0 Å². The van der Waals surface area contributed by atoms with Crippen LogP contribution in [0.4, 0.5) is 5.95 Å². The standard InChI is InChI=1S/C27H28N6O4/c34-23(10-5-2-6-15-28-27-29-16-7-17-30-27)25(35)31-18-24-32-33-26(37-24)21-11-13-22(14-12-21)36-19-20-8-3-1-4-9-20/h1,3-4,7-9,11-14,16-17H,2,5-6,10,15,18-19H2,(H,31,35)(H,28,29,30). The zero-order valence-corrected chi connectivity index (χ0v) is 20.3. The number of nitrogens with zero attached hydrogens (tertiary/aromatic N) is 4. The molecule has 0 atom stereocenters. The maximum atomic E-state index is 12.1. The fourth-order valence-electron chi connectivity index (χ4n) is 3.42. The van der Waals surface area contributed by atoms with Crippen LogP contribution in [0.15, 0.2) is 77.5 Å². The van der Waals surface area contributed by atoms with Crippen LogP contribution in [0.2, 0.25) is 0 Å². The van der Waals surface area contributed by atoms with Gasteiger partial charge in [0.05, 0.1) is 6.54 Å². The first kappa shape index (κ1) is 25.5. The molecule has 0 bridgehead atoms. The number of unbranched alkanes of at least 4 members (excludes halogenated alkanes) is 2. The lowest BCUT2D eigenvalue weighted by Gasteiger charge is -2.06. The van der Waals surface area contributed by atoms with E-state index in [1.54, 1.807) is 18.5 Å². The summed E-state index contributed by atoms with van der Waals surface area (Å²) in [5.41, 5.74) is 1.81. The van der Waals surface area contributed by atoms with Crippen LogP contribution in [0.5, 0.6) is 5.75 Å². The quantitative estimate of drug-likeness (QED) is 0.195. The lowest BCUT2D eigenvalue weighted by molar-refractivity contribution is -0.138. The minimum absolute atomic E-state index is 0.0170. The molecule has 0 aliphatic heterocycles. The van der Waals surface area contributed by atoms with Gasteiger partial charge in [0.2, 0.25) is 23.5 Å². The van der Waals surface area contributed by atoms with E-state index in [1.165, 1.54) is 0 Å². The summed E-state index contributed by atoms with van der Waals surface area (Å²) in [6.07, 6.45) is 5.80. The van der Waals surface area contributed by atoms with Gasteiger partial charge in [-0.1, -0.05) is 36.8 Å². The van der Waals surface area contributed by atoms with Gasteiger partial charge in [-0.25, -0.2) is 9.97 Å². The largest absolute Gasteiger partial charge is 0.489 e. The Bertz CT molecular complexity index is 1260. The summed E-state index contributed by atoms with van der Waals surface area (Å²) in [5.74, 6) is 0.710. The Hall–Kier alpha value is -4.60. The molecule has 0 fully saturated rings. The first-order valence-corrected chi connectivity index (χ1v) is 12.1. The molecule has 0 unspecified atom stereocenters. The van der Waals surface area contributed by atoms with Crippen molar-refractivity contribution in [3.05, 3.63) is 84.5 Å². The molecule has 0 spiro atoms. The number of anilines is 1. The Kier molecular flexibility index (Phi) is 9.29. The van der Waals surface area contributed by atoms with Crippen molar-refractivity contribution >= 4 is 17.6 Å². The number of carbonyl (C=O) groups is 2. The van der Waals surface area contributed by atoms with Gasteiger partial charge >= 0.3 is 0 Å². The van der Waals surface area contributed by atoms with Crippen molar-refractivity contribution in [2.45, 2.75) is 38.8 Å². The normalized spacial score (nSPS) is 10.6. The third kappa shape index (κ3) is 8.24. The van der Waals surface area contributed by atoms with Crippen LogP contribution in [-0.2, 0) is 22.7 Å². The first-order chi connectivity index (χ1) is 18.2. The summed E-state index contributed by atoms with van der Waals surface area (Å²) in [6, 6.07) is 19.0. The first-order valence-electron chi connectivity index (χ1n) is 12.1. The number of ether oxygens (including phenoxy) is 1. The fourth-order valence-corrected chi connectivity index (χ4v) is 3.42. The summed E-state index contributed by atoms with van der Waals surface area (Å²) >= 11 is 0. The van der Waals surface area contributed by atoms with Gasteiger partial charge in [0.15, 0.2) is 0 Å². The Morgan fingerprint density at radius 3 is 2.43 bits per heavy atom. The molecule has 0 aliphatic rings. The van der Waals surface area contributed by atoms with E-state index in [2.05, 4.69) is 30.8 Å². The summed E-state index contributed by atoms with van der Waals surface area (Å²) in [6.45, 7) is 1.16. The summed E-state index contributed by atoms with van der Waals surface area (Å²) in [4.78, 5) is 32.4. The van der Waals surface area contributed by atoms with Crippen molar-refractivity contribution in [2.75, 3.05) is 11.9 Å². The van der Waals surface area contributed by atoms with Crippen LogP contribution in [0.25, 0.3) is 11.5 Å². The number of nitrogens with one attached hydrogen (secondary N) is 2. The zero-order chi connectivity index (χ0) is 25.7. The van der Waals surface area contributed by atoms with E-state index in [1.807, 2.05) is 54.6 Å². The molecule has 0 radical (unpaired) electrons. The van der Waals surface area contributed by atoms with E-state index < -0.39 is 11.7 Å². The number of ketones is 1. The Labute approximate surface area is 214 Å². The maximum absolute atomic E-state index is 12.1. The van der Waals surface area contributed by atoms with E-state index in [-0.39, 0.29) is 18.9 Å². The third-order valence-corrected chi connectivity index (χ3v) is 5.40. The molecular formula is C27H28N6O4. The number of aromatic nitrogens is 4. The van der Waals surface area contributed by atoms with Gasteiger partial charge in [-0.15, -0.1) is 10.2 Å². The Balaban J connectivity index is 1.13. The van der Waals surface area contributed by atoms with Gasteiger partial charge in [-0.3, -0.25) is 9.59 Å². The minimum atomic E-state index is -0.657. The highest BCUT2D eigenvalue weighted by Crippen LogP contribution is 2.22. The Morgan fingerprint density at radius 2 is 1.65 bits per heavy atom. The van der Waals surface area contributed by atoms with Crippen LogP contribution in [0.3, 0.4) is 0 Å². The molecule has 2 N–H and O–H groups in total. The van der Waals surface area contributed by atoms with E-state index >= 15 is 0 Å². The van der Waals surface area contributed by atoms with Crippen molar-refractivity contribution in [3.63, 3.8) is 0 Å². The highest BCUT2D eigenvalue weighted by atomic mass is 16.5. The van der Waals surface area contributed by atoms with Crippen molar-refractivity contribution in [1.82, 2.24) is 25.5 Å². The Morgan fingerprint density at radius 1 is 0.865 bits per heavy atom. The second kappa shape index (κ2) is 13.5. The molecule has 10 nitrogen and oxygen atoms in total. The highest BCUT2D eigenvalue weighted by molar-refractivity contribution is 6.36. The van der Waals surface area contributed by atoms with Gasteiger partial charge in [0.1, 0.15) is 12.4 Å². The predicted molar refractivity (Wildman–Crippen MR) is 136 cm³/mol. The predicted octanol–water partition coefficient (Wildman–Crippen LogP) is 3.96. The molecule has 1 amide bonds. The van der Waals surface area contributed by atoms with E-state index in [9.17, 15) is 9.59 Å². The number of Topliss-reactive ketones (excluding diaryl/α,β-unsaturated/α-hetero) is 1. The lowest BCUT2D eigenvalue weighted by Crippen LogP contribution is -2.30. The summed E-state index contributed by atoms with van der Waals surface area (Å²) < 4.78 is 11.4. The van der Waals surface area contributed by atoms with Crippen LogP contribution in [-0.4, -0.2) is 38.4 Å². The van der Waals surface area contributed by atoms with E-state index in [0.717, 1.165) is 29.7 Å². The number of carbonyl (C=O) groups excluding carboxylic acids is 2. The smallest absolute Gasteiger partial charge is 0.287 e. The average molecular weight is 501 g/mol. The number of hydrogen-bond donors (Lipinski definition) is 2. The second-order valence-electron chi connectivity index (χ2n) is 8.22. The molecule has 2 aromatic heterocycles. The molecule has 2 heterocycles. The topological polar surface area (TPSA) is 132 Å². The molecule has 0 saturated heterocycles. The maximum Gasteiger partial charge on any atom is 0.287 e. The highest BCUT2D eigenvalue weighted by Gasteiger charge is 2.15. The molecule has 0 saturated carbocycles. The second-order valence-corrected chi connectivity index (χ2v) is 8.22. The molecule has 10 heteroatoms.